The lowest BCUT2D eigenvalue weighted by Crippen LogP contribution is -2.36. The van der Waals surface area contributed by atoms with Crippen LogP contribution in [0.2, 0.25) is 0 Å². The first-order valence-corrected chi connectivity index (χ1v) is 12.6. The number of dihydropyridines is 1. The molecule has 1 N–H and O–H groups in total. The third kappa shape index (κ3) is 4.66. The largest absolute Gasteiger partial charge is 0.459 e. The molecule has 3 aliphatic rings. The van der Waals surface area contributed by atoms with E-state index in [0.29, 0.717) is 41.9 Å². The zero-order chi connectivity index (χ0) is 24.5. The minimum absolute atomic E-state index is 0.0302. The van der Waals surface area contributed by atoms with Crippen molar-refractivity contribution in [1.82, 2.24) is 5.32 Å². The molecule has 1 aromatic carbocycles. The molecule has 182 valence electrons. The number of allylic oxidation sites excluding steroid dienone is 3. The number of thiophene rings is 1. The molecular weight excluding hydrogens is 468 g/mol. The second-order valence-electron chi connectivity index (χ2n) is 9.11. The van der Waals surface area contributed by atoms with E-state index in [1.807, 2.05) is 24.4 Å². The van der Waals surface area contributed by atoms with Crippen molar-refractivity contribution < 1.29 is 24.0 Å². The van der Waals surface area contributed by atoms with Crippen LogP contribution >= 0.6 is 11.3 Å². The Balaban J connectivity index is 1.51. The second-order valence-corrected chi connectivity index (χ2v) is 10.1. The first-order chi connectivity index (χ1) is 16.9. The third-order valence-corrected chi connectivity index (χ3v) is 7.89. The lowest BCUT2D eigenvalue weighted by molar-refractivity contribution is -0.384. The monoisotopic (exact) mass is 494 g/mol. The van der Waals surface area contributed by atoms with E-state index in [2.05, 4.69) is 5.32 Å². The van der Waals surface area contributed by atoms with Crippen molar-refractivity contribution >= 4 is 28.8 Å². The lowest BCUT2D eigenvalue weighted by atomic mass is 9.72. The van der Waals surface area contributed by atoms with Gasteiger partial charge in [-0.1, -0.05) is 18.2 Å². The van der Waals surface area contributed by atoms with Gasteiger partial charge in [0.2, 0.25) is 0 Å². The van der Waals surface area contributed by atoms with Crippen molar-refractivity contribution in [2.45, 2.75) is 50.5 Å². The maximum atomic E-state index is 13.5. The molecule has 0 bridgehead atoms. The first-order valence-electron chi connectivity index (χ1n) is 11.7. The normalized spacial score (nSPS) is 24.3. The Morgan fingerprint density at radius 3 is 2.71 bits per heavy atom. The first kappa shape index (κ1) is 23.4. The molecule has 8 nitrogen and oxygen atoms in total. The fourth-order valence-corrected chi connectivity index (χ4v) is 6.01. The smallest absolute Gasteiger partial charge is 0.336 e. The van der Waals surface area contributed by atoms with Gasteiger partial charge >= 0.3 is 5.97 Å². The number of hydrogen-bond acceptors (Lipinski definition) is 8. The second kappa shape index (κ2) is 9.75. The molecule has 3 atom stereocenters. The number of rotatable bonds is 6. The van der Waals surface area contributed by atoms with Crippen LogP contribution in [0.1, 0.15) is 54.9 Å². The molecule has 2 aromatic rings. The molecule has 1 fully saturated rings. The quantitative estimate of drug-likeness (QED) is 0.351. The average Bonchev–Trinajstić information content (AvgIpc) is 3.56. The fraction of sp³-hybridized carbons (Fsp3) is 0.385. The number of carbonyl (C=O) groups is 2. The van der Waals surface area contributed by atoms with E-state index in [1.54, 1.807) is 23.5 Å². The van der Waals surface area contributed by atoms with E-state index in [9.17, 15) is 19.7 Å². The molecule has 0 spiro atoms. The maximum absolute atomic E-state index is 13.5. The highest BCUT2D eigenvalue weighted by atomic mass is 32.1. The summed E-state index contributed by atoms with van der Waals surface area (Å²) in [7, 11) is 0. The van der Waals surface area contributed by atoms with Gasteiger partial charge in [-0.15, -0.1) is 11.3 Å². The van der Waals surface area contributed by atoms with Gasteiger partial charge in [0.1, 0.15) is 6.61 Å². The van der Waals surface area contributed by atoms with Crippen LogP contribution in [-0.2, 0) is 19.1 Å². The van der Waals surface area contributed by atoms with Gasteiger partial charge in [0, 0.05) is 58.8 Å². The molecule has 0 saturated carbocycles. The molecule has 1 aromatic heterocycles. The molecule has 1 saturated heterocycles. The van der Waals surface area contributed by atoms with Crippen LogP contribution in [0.5, 0.6) is 0 Å². The number of ketones is 1. The Kier molecular flexibility index (Phi) is 6.53. The fourth-order valence-electron chi connectivity index (χ4n) is 5.18. The van der Waals surface area contributed by atoms with Gasteiger partial charge in [-0.3, -0.25) is 14.9 Å². The summed E-state index contributed by atoms with van der Waals surface area (Å²) in [6.07, 6.45) is 2.66. The molecule has 2 aliphatic heterocycles. The van der Waals surface area contributed by atoms with Gasteiger partial charge in [0.25, 0.3) is 5.69 Å². The molecule has 5 rings (SSSR count). The van der Waals surface area contributed by atoms with Crippen LogP contribution in [0.3, 0.4) is 0 Å². The number of carbonyl (C=O) groups excluding carboxylic acids is 2. The number of hydrogen-bond donors (Lipinski definition) is 1. The molecule has 9 heteroatoms. The summed E-state index contributed by atoms with van der Waals surface area (Å²) in [5.41, 5.74) is 2.93. The predicted octanol–water partition coefficient (Wildman–Crippen LogP) is 4.74. The average molecular weight is 495 g/mol. The van der Waals surface area contributed by atoms with Gasteiger partial charge < -0.3 is 14.8 Å². The molecule has 0 radical (unpaired) electrons. The van der Waals surface area contributed by atoms with Gasteiger partial charge in [-0.05, 0) is 43.2 Å². The number of ether oxygens (including phenoxy) is 2. The van der Waals surface area contributed by atoms with Crippen LogP contribution in [0.15, 0.2) is 64.3 Å². The maximum Gasteiger partial charge on any atom is 0.336 e. The topological polar surface area (TPSA) is 108 Å². The lowest BCUT2D eigenvalue weighted by Gasteiger charge is -2.36. The number of nitrogens with zero attached hydrogens (tertiary/aromatic N) is 1. The number of nitrogens with one attached hydrogen (secondary N) is 1. The molecule has 35 heavy (non-hydrogen) atoms. The van der Waals surface area contributed by atoms with Gasteiger partial charge in [-0.25, -0.2) is 4.79 Å². The summed E-state index contributed by atoms with van der Waals surface area (Å²) in [6.45, 7) is 2.63. The van der Waals surface area contributed by atoms with Crippen LogP contribution < -0.4 is 5.32 Å². The number of esters is 1. The Morgan fingerprint density at radius 2 is 2.06 bits per heavy atom. The molecule has 3 heterocycles. The Labute approximate surface area is 206 Å². The minimum atomic E-state index is -0.652. The molecule has 1 aliphatic carbocycles. The van der Waals surface area contributed by atoms with Crippen LogP contribution in [-0.4, -0.2) is 36.0 Å². The van der Waals surface area contributed by atoms with Crippen LogP contribution in [0.4, 0.5) is 5.69 Å². The Morgan fingerprint density at radius 1 is 1.26 bits per heavy atom. The van der Waals surface area contributed by atoms with Crippen molar-refractivity contribution in [3.8, 4) is 0 Å². The number of non-ortho nitro benzene ring substituents is 1. The summed E-state index contributed by atoms with van der Waals surface area (Å²) in [5.74, 6) is -1.11. The van der Waals surface area contributed by atoms with Crippen molar-refractivity contribution in [2.24, 2.45) is 0 Å². The van der Waals surface area contributed by atoms with Gasteiger partial charge in [-0.2, -0.15) is 0 Å². The van der Waals surface area contributed by atoms with E-state index in [0.717, 1.165) is 23.4 Å². The number of Topliss-reactive ketones (excluding diaryl/α,β-unsaturated/α-hetero) is 1. The zero-order valence-corrected chi connectivity index (χ0v) is 20.1. The van der Waals surface area contributed by atoms with E-state index in [-0.39, 0.29) is 30.1 Å². The number of nitro groups is 1. The SMILES string of the molecule is CC1=C(C(=O)OC[C@H]2CCCO2)[C@@H](c2ccc([N+](=O)[O-])cc2)C2=C(C[C@@H](c3cccs3)CC2=O)N1. The standard InChI is InChI=1S/C26H26N2O6S/c1-15-23(26(30)34-14-19-4-2-10-33-19)24(16-6-8-18(9-7-16)28(31)32)25-20(27-15)12-17(13-21(25)29)22-5-3-11-35-22/h3,5-9,11,17,19,24,27H,2,4,10,12-14H2,1H3/t17-,19-,24-/m1/s1. The summed E-state index contributed by atoms with van der Waals surface area (Å²) in [6, 6.07) is 10.1. The summed E-state index contributed by atoms with van der Waals surface area (Å²) >= 11 is 1.63. The summed E-state index contributed by atoms with van der Waals surface area (Å²) in [5, 5.41) is 16.5. The summed E-state index contributed by atoms with van der Waals surface area (Å²) < 4.78 is 11.2. The van der Waals surface area contributed by atoms with E-state index >= 15 is 0 Å². The molecular formula is C26H26N2O6S. The molecule has 0 unspecified atom stereocenters. The Bertz CT molecular complexity index is 1210. The zero-order valence-electron chi connectivity index (χ0n) is 19.3. The highest BCUT2D eigenvalue weighted by Gasteiger charge is 2.42. The van der Waals surface area contributed by atoms with Crippen molar-refractivity contribution in [2.75, 3.05) is 13.2 Å². The van der Waals surface area contributed by atoms with Crippen LogP contribution in [0, 0.1) is 10.1 Å². The number of nitro benzene ring substituents is 1. The highest BCUT2D eigenvalue weighted by Crippen LogP contribution is 2.46. The summed E-state index contributed by atoms with van der Waals surface area (Å²) in [4.78, 5) is 38.8. The van der Waals surface area contributed by atoms with E-state index in [1.165, 1.54) is 12.1 Å². The van der Waals surface area contributed by atoms with Gasteiger partial charge in [0.05, 0.1) is 16.6 Å². The van der Waals surface area contributed by atoms with Crippen molar-refractivity contribution in [3.05, 3.63) is 84.9 Å². The highest BCUT2D eigenvalue weighted by molar-refractivity contribution is 7.10. The molecule has 0 amide bonds. The van der Waals surface area contributed by atoms with Crippen molar-refractivity contribution in [3.63, 3.8) is 0 Å². The van der Waals surface area contributed by atoms with Crippen molar-refractivity contribution in [1.29, 1.82) is 0 Å². The van der Waals surface area contributed by atoms with Gasteiger partial charge in [0.15, 0.2) is 5.78 Å². The van der Waals surface area contributed by atoms with E-state index in [4.69, 9.17) is 9.47 Å². The third-order valence-electron chi connectivity index (χ3n) is 6.85. The van der Waals surface area contributed by atoms with E-state index < -0.39 is 16.8 Å². The predicted molar refractivity (Wildman–Crippen MR) is 130 cm³/mol. The van der Waals surface area contributed by atoms with Crippen LogP contribution in [0.25, 0.3) is 0 Å². The Hall–Kier alpha value is -3.30. The minimum Gasteiger partial charge on any atom is -0.459 e. The number of benzene rings is 1.